The zero-order valence-electron chi connectivity index (χ0n) is 12.1. The van der Waals surface area contributed by atoms with Crippen molar-refractivity contribution in [3.05, 3.63) is 28.5 Å². The van der Waals surface area contributed by atoms with E-state index in [1.54, 1.807) is 19.2 Å². The number of carbonyl (C=O) groups is 1. The van der Waals surface area contributed by atoms with Crippen molar-refractivity contribution in [1.82, 2.24) is 10.3 Å². The molecule has 1 heterocycles. The molecule has 0 aromatic carbocycles. The van der Waals surface area contributed by atoms with Crippen molar-refractivity contribution in [3.63, 3.8) is 0 Å². The fourth-order valence-corrected chi connectivity index (χ4v) is 1.94. The summed E-state index contributed by atoms with van der Waals surface area (Å²) in [6.45, 7) is 8.26. The van der Waals surface area contributed by atoms with E-state index in [-0.39, 0.29) is 11.8 Å². The van der Waals surface area contributed by atoms with Crippen molar-refractivity contribution < 1.29 is 9.53 Å². The molecule has 0 saturated carbocycles. The van der Waals surface area contributed by atoms with Crippen molar-refractivity contribution in [2.45, 2.75) is 39.2 Å². The fourth-order valence-electron chi connectivity index (χ4n) is 1.72. The number of halogens is 1. The Bertz CT molecular complexity index is 459. The van der Waals surface area contributed by atoms with Crippen LogP contribution in [0.2, 0.25) is 5.15 Å². The van der Waals surface area contributed by atoms with Crippen LogP contribution in [0, 0.1) is 0 Å². The summed E-state index contributed by atoms with van der Waals surface area (Å²) < 4.78 is 5.08. The summed E-state index contributed by atoms with van der Waals surface area (Å²) in [5.41, 5.74) is 0.898. The molecule has 0 saturated heterocycles. The Morgan fingerprint density at radius 1 is 1.47 bits per heavy atom. The van der Waals surface area contributed by atoms with Crippen molar-refractivity contribution >= 4 is 17.5 Å². The smallest absolute Gasteiger partial charge is 0.251 e. The van der Waals surface area contributed by atoms with Crippen LogP contribution < -0.4 is 5.32 Å². The maximum atomic E-state index is 12.2. The minimum Gasteiger partial charge on any atom is -0.382 e. The van der Waals surface area contributed by atoms with Crippen LogP contribution in [0.5, 0.6) is 0 Å². The average Bonchev–Trinajstić information content (AvgIpc) is 2.27. The van der Waals surface area contributed by atoms with Crippen LogP contribution in [0.15, 0.2) is 12.1 Å². The van der Waals surface area contributed by atoms with E-state index >= 15 is 0 Å². The van der Waals surface area contributed by atoms with Gasteiger partial charge in [-0.2, -0.15) is 0 Å². The van der Waals surface area contributed by atoms with Gasteiger partial charge in [0.25, 0.3) is 5.91 Å². The minimum atomic E-state index is -0.431. The molecule has 1 aromatic heterocycles. The van der Waals surface area contributed by atoms with Gasteiger partial charge in [-0.05, 0) is 31.9 Å². The molecule has 0 aliphatic heterocycles. The zero-order valence-corrected chi connectivity index (χ0v) is 12.8. The summed E-state index contributed by atoms with van der Waals surface area (Å²) in [5, 5.41) is 3.25. The number of aromatic nitrogens is 1. The van der Waals surface area contributed by atoms with Crippen LogP contribution in [-0.2, 0) is 4.74 Å². The number of rotatable bonds is 5. The number of amides is 1. The molecular formula is C14H21ClN2O2. The number of carbonyl (C=O) groups excluding carboxylic acids is 1. The lowest BCUT2D eigenvalue weighted by Crippen LogP contribution is -2.46. The zero-order chi connectivity index (χ0) is 14.6. The number of hydrogen-bond acceptors (Lipinski definition) is 3. The summed E-state index contributed by atoms with van der Waals surface area (Å²) in [4.78, 5) is 16.4. The molecule has 1 aromatic rings. The second-order valence-electron chi connectivity index (χ2n) is 5.53. The number of nitrogens with one attached hydrogen (secondary N) is 1. The van der Waals surface area contributed by atoms with Gasteiger partial charge in [-0.15, -0.1) is 0 Å². The van der Waals surface area contributed by atoms with E-state index < -0.39 is 5.54 Å². The lowest BCUT2D eigenvalue weighted by molar-refractivity contribution is 0.0819. The lowest BCUT2D eigenvalue weighted by atomic mass is 10.0. The Balaban J connectivity index is 2.94. The molecule has 106 valence electrons. The van der Waals surface area contributed by atoms with Gasteiger partial charge in [-0.25, -0.2) is 4.98 Å². The Kier molecular flexibility index (Phi) is 5.32. The van der Waals surface area contributed by atoms with Gasteiger partial charge in [-0.3, -0.25) is 4.79 Å². The van der Waals surface area contributed by atoms with E-state index in [9.17, 15) is 4.79 Å². The first-order chi connectivity index (χ1) is 8.75. The Morgan fingerprint density at radius 2 is 2.11 bits per heavy atom. The predicted octanol–water partition coefficient (Wildman–Crippen LogP) is 3.01. The quantitative estimate of drug-likeness (QED) is 0.846. The summed E-state index contributed by atoms with van der Waals surface area (Å²) in [5.74, 6) is 0.0467. The Labute approximate surface area is 119 Å². The van der Waals surface area contributed by atoms with Crippen molar-refractivity contribution in [1.29, 1.82) is 0 Å². The highest BCUT2D eigenvalue weighted by Crippen LogP contribution is 2.18. The SMILES string of the molecule is COCC(C)(C)NC(=O)c1cc(Cl)nc(C(C)C)c1. The summed E-state index contributed by atoms with van der Waals surface area (Å²) in [6.07, 6.45) is 0. The fraction of sp³-hybridized carbons (Fsp3) is 0.571. The molecule has 0 aliphatic carbocycles. The maximum absolute atomic E-state index is 12.2. The van der Waals surface area contributed by atoms with Crippen LogP contribution in [0.25, 0.3) is 0 Å². The molecular weight excluding hydrogens is 264 g/mol. The third-order valence-electron chi connectivity index (χ3n) is 2.62. The molecule has 0 aliphatic rings. The van der Waals surface area contributed by atoms with Gasteiger partial charge in [0.2, 0.25) is 0 Å². The average molecular weight is 285 g/mol. The molecule has 4 nitrogen and oxygen atoms in total. The van der Waals surface area contributed by atoms with E-state index in [1.807, 2.05) is 27.7 Å². The topological polar surface area (TPSA) is 51.2 Å². The van der Waals surface area contributed by atoms with Crippen LogP contribution >= 0.6 is 11.6 Å². The molecule has 1 rings (SSSR count). The molecule has 0 radical (unpaired) electrons. The van der Waals surface area contributed by atoms with Gasteiger partial charge in [-0.1, -0.05) is 25.4 Å². The highest BCUT2D eigenvalue weighted by molar-refractivity contribution is 6.29. The van der Waals surface area contributed by atoms with Crippen molar-refractivity contribution in [2.75, 3.05) is 13.7 Å². The standard InChI is InChI=1S/C14H21ClN2O2/c1-9(2)11-6-10(7-12(15)16-11)13(18)17-14(3,4)8-19-5/h6-7,9H,8H2,1-5H3,(H,17,18). The Morgan fingerprint density at radius 3 is 2.63 bits per heavy atom. The molecule has 19 heavy (non-hydrogen) atoms. The summed E-state index contributed by atoms with van der Waals surface area (Å²) in [6, 6.07) is 3.35. The summed E-state index contributed by atoms with van der Waals surface area (Å²) >= 11 is 5.95. The second-order valence-corrected chi connectivity index (χ2v) is 5.92. The highest BCUT2D eigenvalue weighted by atomic mass is 35.5. The third kappa shape index (κ3) is 4.80. The molecule has 0 unspecified atom stereocenters. The van der Waals surface area contributed by atoms with Gasteiger partial charge in [0, 0.05) is 18.4 Å². The molecule has 0 fully saturated rings. The largest absolute Gasteiger partial charge is 0.382 e. The number of hydrogen-bond donors (Lipinski definition) is 1. The molecule has 0 bridgehead atoms. The van der Waals surface area contributed by atoms with Gasteiger partial charge in [0.1, 0.15) is 5.15 Å². The van der Waals surface area contributed by atoms with Gasteiger partial charge in [0.15, 0.2) is 0 Å². The highest BCUT2D eigenvalue weighted by Gasteiger charge is 2.21. The first kappa shape index (κ1) is 15.9. The third-order valence-corrected chi connectivity index (χ3v) is 2.82. The summed E-state index contributed by atoms with van der Waals surface area (Å²) in [7, 11) is 1.61. The molecule has 1 N–H and O–H groups in total. The normalized spacial score (nSPS) is 11.7. The lowest BCUT2D eigenvalue weighted by Gasteiger charge is -2.25. The van der Waals surface area contributed by atoms with Crippen LogP contribution in [0.3, 0.4) is 0 Å². The Hall–Kier alpha value is -1.13. The van der Waals surface area contributed by atoms with E-state index in [4.69, 9.17) is 16.3 Å². The van der Waals surface area contributed by atoms with Crippen LogP contribution in [0.1, 0.15) is 49.7 Å². The van der Waals surface area contributed by atoms with Crippen molar-refractivity contribution in [2.24, 2.45) is 0 Å². The predicted molar refractivity (Wildman–Crippen MR) is 76.8 cm³/mol. The molecule has 0 spiro atoms. The van der Waals surface area contributed by atoms with Crippen LogP contribution in [-0.4, -0.2) is 30.1 Å². The van der Waals surface area contributed by atoms with Gasteiger partial charge < -0.3 is 10.1 Å². The molecule has 0 atom stereocenters. The molecule has 1 amide bonds. The van der Waals surface area contributed by atoms with Crippen molar-refractivity contribution in [3.8, 4) is 0 Å². The van der Waals surface area contributed by atoms with Gasteiger partial charge in [0.05, 0.1) is 12.1 Å². The number of methoxy groups -OCH3 is 1. The second kappa shape index (κ2) is 6.35. The van der Waals surface area contributed by atoms with Crippen LogP contribution in [0.4, 0.5) is 0 Å². The number of ether oxygens (including phenoxy) is 1. The van der Waals surface area contributed by atoms with E-state index in [0.29, 0.717) is 17.3 Å². The first-order valence-corrected chi connectivity index (χ1v) is 6.62. The maximum Gasteiger partial charge on any atom is 0.251 e. The first-order valence-electron chi connectivity index (χ1n) is 6.24. The molecule has 5 heteroatoms. The van der Waals surface area contributed by atoms with E-state index in [2.05, 4.69) is 10.3 Å². The van der Waals surface area contributed by atoms with E-state index in [1.165, 1.54) is 0 Å². The number of nitrogens with zero attached hydrogens (tertiary/aromatic N) is 1. The van der Waals surface area contributed by atoms with Gasteiger partial charge >= 0.3 is 0 Å². The minimum absolute atomic E-state index is 0.173. The van der Waals surface area contributed by atoms with E-state index in [0.717, 1.165) is 5.69 Å². The number of pyridine rings is 1. The monoisotopic (exact) mass is 284 g/mol.